The Bertz CT molecular complexity index is 312. The van der Waals surface area contributed by atoms with Crippen LogP contribution >= 0.6 is 0 Å². The summed E-state index contributed by atoms with van der Waals surface area (Å²) in [7, 11) is 0. The minimum atomic E-state index is 0.690. The molecule has 0 fully saturated rings. The lowest BCUT2D eigenvalue weighted by Crippen LogP contribution is -2.18. The second kappa shape index (κ2) is 5.71. The SMILES string of the molecule is C=C(C)Cn1cc(CNCC(C)C)cn1. The molecule has 1 aromatic rings. The summed E-state index contributed by atoms with van der Waals surface area (Å²) >= 11 is 0. The lowest BCUT2D eigenvalue weighted by Gasteiger charge is -2.05. The van der Waals surface area contributed by atoms with Crippen molar-refractivity contribution >= 4 is 0 Å². The molecule has 0 amide bonds. The molecule has 3 heteroatoms. The standard InChI is InChI=1S/C12H21N3/c1-10(2)5-13-6-12-7-14-15(9-12)8-11(3)4/h7,9-10,13H,3,5-6,8H2,1-2,4H3. The van der Waals surface area contributed by atoms with Gasteiger partial charge in [0.25, 0.3) is 0 Å². The van der Waals surface area contributed by atoms with E-state index in [1.54, 1.807) is 0 Å². The van der Waals surface area contributed by atoms with Crippen molar-refractivity contribution in [3.05, 3.63) is 30.1 Å². The summed E-state index contributed by atoms with van der Waals surface area (Å²) in [6.45, 7) is 13.0. The van der Waals surface area contributed by atoms with Crippen molar-refractivity contribution in [1.82, 2.24) is 15.1 Å². The lowest BCUT2D eigenvalue weighted by molar-refractivity contribution is 0.552. The van der Waals surface area contributed by atoms with Crippen molar-refractivity contribution in [3.63, 3.8) is 0 Å². The van der Waals surface area contributed by atoms with Crippen LogP contribution in [0, 0.1) is 5.92 Å². The van der Waals surface area contributed by atoms with Crippen LogP contribution in [0.1, 0.15) is 26.3 Å². The number of nitrogens with one attached hydrogen (secondary N) is 1. The second-order valence-corrected chi connectivity index (χ2v) is 4.53. The number of hydrogen-bond donors (Lipinski definition) is 1. The molecule has 1 rings (SSSR count). The maximum Gasteiger partial charge on any atom is 0.0614 e. The first-order valence-electron chi connectivity index (χ1n) is 5.44. The Balaban J connectivity index is 2.36. The lowest BCUT2D eigenvalue weighted by atomic mass is 10.2. The van der Waals surface area contributed by atoms with E-state index >= 15 is 0 Å². The molecule has 15 heavy (non-hydrogen) atoms. The molecule has 0 unspecified atom stereocenters. The van der Waals surface area contributed by atoms with Gasteiger partial charge in [-0.15, -0.1) is 0 Å². The zero-order valence-corrected chi connectivity index (χ0v) is 9.95. The highest BCUT2D eigenvalue weighted by Gasteiger charge is 1.99. The summed E-state index contributed by atoms with van der Waals surface area (Å²) < 4.78 is 1.93. The fourth-order valence-electron chi connectivity index (χ4n) is 1.37. The summed E-state index contributed by atoms with van der Waals surface area (Å²) in [5.41, 5.74) is 2.36. The van der Waals surface area contributed by atoms with Gasteiger partial charge in [0.05, 0.1) is 12.7 Å². The second-order valence-electron chi connectivity index (χ2n) is 4.53. The van der Waals surface area contributed by atoms with Crippen LogP contribution in [0.15, 0.2) is 24.5 Å². The first-order chi connectivity index (χ1) is 7.08. The molecule has 1 aromatic heterocycles. The molecule has 0 aliphatic rings. The maximum absolute atomic E-state index is 4.27. The molecule has 0 atom stereocenters. The number of aromatic nitrogens is 2. The van der Waals surface area contributed by atoms with E-state index in [2.05, 4.69) is 37.0 Å². The van der Waals surface area contributed by atoms with Crippen molar-refractivity contribution in [1.29, 1.82) is 0 Å². The molecule has 0 aliphatic heterocycles. The smallest absolute Gasteiger partial charge is 0.0614 e. The van der Waals surface area contributed by atoms with Crippen LogP contribution in [-0.2, 0) is 13.1 Å². The average molecular weight is 207 g/mol. The zero-order valence-electron chi connectivity index (χ0n) is 9.95. The van der Waals surface area contributed by atoms with Gasteiger partial charge in [0.1, 0.15) is 0 Å². The van der Waals surface area contributed by atoms with E-state index in [9.17, 15) is 0 Å². The minimum absolute atomic E-state index is 0.690. The predicted octanol–water partition coefficient (Wildman–Crippen LogP) is 2.20. The molecule has 1 N–H and O–H groups in total. The third-order valence-electron chi connectivity index (χ3n) is 2.00. The highest BCUT2D eigenvalue weighted by molar-refractivity contribution is 5.04. The van der Waals surface area contributed by atoms with Crippen molar-refractivity contribution in [2.24, 2.45) is 5.92 Å². The molecule has 0 spiro atoms. The molecule has 1 heterocycles. The van der Waals surface area contributed by atoms with Crippen LogP contribution in [-0.4, -0.2) is 16.3 Å². The van der Waals surface area contributed by atoms with Gasteiger partial charge in [0.15, 0.2) is 0 Å². The topological polar surface area (TPSA) is 29.9 Å². The van der Waals surface area contributed by atoms with Gasteiger partial charge in [-0.25, -0.2) is 0 Å². The Morgan fingerprint density at radius 3 is 2.93 bits per heavy atom. The zero-order chi connectivity index (χ0) is 11.3. The Morgan fingerprint density at radius 2 is 2.33 bits per heavy atom. The summed E-state index contributed by atoms with van der Waals surface area (Å²) in [6, 6.07) is 0. The largest absolute Gasteiger partial charge is 0.312 e. The molecule has 84 valence electrons. The number of hydrogen-bond acceptors (Lipinski definition) is 2. The molecule has 0 bridgehead atoms. The van der Waals surface area contributed by atoms with E-state index in [1.807, 2.05) is 17.8 Å². The summed E-state index contributed by atoms with van der Waals surface area (Å²) in [5.74, 6) is 0.690. The average Bonchev–Trinajstić information content (AvgIpc) is 2.50. The fourth-order valence-corrected chi connectivity index (χ4v) is 1.37. The third kappa shape index (κ3) is 4.79. The van der Waals surface area contributed by atoms with Crippen molar-refractivity contribution in [3.8, 4) is 0 Å². The van der Waals surface area contributed by atoms with E-state index in [1.165, 1.54) is 5.56 Å². The van der Waals surface area contributed by atoms with Crippen LogP contribution in [0.2, 0.25) is 0 Å². The highest BCUT2D eigenvalue weighted by Crippen LogP contribution is 2.00. The van der Waals surface area contributed by atoms with Gasteiger partial charge in [-0.05, 0) is 19.4 Å². The maximum atomic E-state index is 4.27. The predicted molar refractivity (Wildman–Crippen MR) is 63.6 cm³/mol. The molecule has 3 nitrogen and oxygen atoms in total. The van der Waals surface area contributed by atoms with Crippen molar-refractivity contribution in [2.45, 2.75) is 33.9 Å². The number of allylic oxidation sites excluding steroid dienone is 1. The molecule has 0 radical (unpaired) electrons. The Morgan fingerprint density at radius 1 is 1.60 bits per heavy atom. The van der Waals surface area contributed by atoms with E-state index < -0.39 is 0 Å². The van der Waals surface area contributed by atoms with Crippen molar-refractivity contribution < 1.29 is 0 Å². The fraction of sp³-hybridized carbons (Fsp3) is 0.583. The summed E-state index contributed by atoms with van der Waals surface area (Å²) in [4.78, 5) is 0. The minimum Gasteiger partial charge on any atom is -0.312 e. The van der Waals surface area contributed by atoms with E-state index in [4.69, 9.17) is 0 Å². The third-order valence-corrected chi connectivity index (χ3v) is 2.00. The van der Waals surface area contributed by atoms with E-state index in [0.717, 1.165) is 25.2 Å². The molecule has 0 saturated heterocycles. The molecule has 0 aliphatic carbocycles. The monoisotopic (exact) mass is 207 g/mol. The van der Waals surface area contributed by atoms with E-state index in [-0.39, 0.29) is 0 Å². The molecule has 0 saturated carbocycles. The Labute approximate surface area is 92.2 Å². The molecule has 0 aromatic carbocycles. The summed E-state index contributed by atoms with van der Waals surface area (Å²) in [5, 5.41) is 7.66. The van der Waals surface area contributed by atoms with Gasteiger partial charge >= 0.3 is 0 Å². The van der Waals surface area contributed by atoms with Gasteiger partial charge in [-0.3, -0.25) is 4.68 Å². The van der Waals surface area contributed by atoms with Crippen LogP contribution in [0.25, 0.3) is 0 Å². The number of nitrogens with zero attached hydrogens (tertiary/aromatic N) is 2. The summed E-state index contributed by atoms with van der Waals surface area (Å²) in [6.07, 6.45) is 3.98. The van der Waals surface area contributed by atoms with Gasteiger partial charge in [-0.2, -0.15) is 5.10 Å². The van der Waals surface area contributed by atoms with Crippen LogP contribution in [0.5, 0.6) is 0 Å². The first kappa shape index (κ1) is 12.0. The molecular weight excluding hydrogens is 186 g/mol. The number of rotatable bonds is 6. The van der Waals surface area contributed by atoms with Crippen LogP contribution in [0.4, 0.5) is 0 Å². The van der Waals surface area contributed by atoms with Crippen LogP contribution < -0.4 is 5.32 Å². The quantitative estimate of drug-likeness (QED) is 0.725. The normalized spacial score (nSPS) is 10.9. The highest BCUT2D eigenvalue weighted by atomic mass is 15.3. The van der Waals surface area contributed by atoms with E-state index in [0.29, 0.717) is 5.92 Å². The van der Waals surface area contributed by atoms with Crippen molar-refractivity contribution in [2.75, 3.05) is 6.54 Å². The Kier molecular flexibility index (Phi) is 4.56. The van der Waals surface area contributed by atoms with Gasteiger partial charge in [-0.1, -0.05) is 26.0 Å². The van der Waals surface area contributed by atoms with Gasteiger partial charge in [0.2, 0.25) is 0 Å². The molecular formula is C12H21N3. The van der Waals surface area contributed by atoms with Gasteiger partial charge < -0.3 is 5.32 Å². The Hall–Kier alpha value is -1.09. The first-order valence-corrected chi connectivity index (χ1v) is 5.44. The van der Waals surface area contributed by atoms with Crippen LogP contribution in [0.3, 0.4) is 0 Å². The van der Waals surface area contributed by atoms with Gasteiger partial charge in [0, 0.05) is 18.3 Å².